The summed E-state index contributed by atoms with van der Waals surface area (Å²) < 4.78 is 43.3. The van der Waals surface area contributed by atoms with Crippen molar-refractivity contribution in [2.24, 2.45) is 0 Å². The lowest BCUT2D eigenvalue weighted by Crippen LogP contribution is -2.38. The number of nitrogens with one attached hydrogen (secondary N) is 1. The van der Waals surface area contributed by atoms with Gasteiger partial charge in [-0.05, 0) is 49.1 Å². The number of nitrogens with zero attached hydrogens (tertiary/aromatic N) is 1. The number of hydrogen-bond donors (Lipinski definition) is 1. The minimum atomic E-state index is -0.628. The van der Waals surface area contributed by atoms with Crippen LogP contribution in [0.3, 0.4) is 0 Å². The van der Waals surface area contributed by atoms with Crippen LogP contribution in [0.15, 0.2) is 54.6 Å². The molecule has 32 heavy (non-hydrogen) atoms. The second-order valence-corrected chi connectivity index (χ2v) is 7.77. The zero-order valence-electron chi connectivity index (χ0n) is 19.0. The molecule has 1 atom stereocenters. The lowest BCUT2D eigenvalue weighted by atomic mass is 9.90. The number of para-hydroxylation sites is 1. The lowest BCUT2D eigenvalue weighted by Gasteiger charge is -2.37. The number of hydrogen-bond acceptors (Lipinski definition) is 1. The molecule has 170 valence electrons. The molecule has 1 aliphatic heterocycles. The second-order valence-electron chi connectivity index (χ2n) is 7.77. The maximum Gasteiger partial charge on any atom is 0.131 e. The molecule has 4 rings (SSSR count). The molecule has 5 heteroatoms. The Kier molecular flexibility index (Phi) is 7.97. The lowest BCUT2D eigenvalue weighted by molar-refractivity contribution is 0.218. The largest absolute Gasteiger partial charge is 0.357 e. The number of allylic oxidation sites excluding steroid dienone is 1. The monoisotopic (exact) mass is 440 g/mol. The molecular formula is C27H31F3N2. The minimum absolute atomic E-state index is 0.0174. The van der Waals surface area contributed by atoms with Crippen molar-refractivity contribution >= 4 is 17.0 Å². The van der Waals surface area contributed by atoms with E-state index in [9.17, 15) is 4.39 Å². The number of fused-ring (bicyclic) bond motifs is 3. The Balaban J connectivity index is 0.00000141. The van der Waals surface area contributed by atoms with Crippen LogP contribution in [-0.4, -0.2) is 29.6 Å². The number of aromatic amines is 1. The SMILES string of the molecule is C=C(CCF)CN1CCc2c([nH]c3ccccc23)C1c1c(F)cc(/C=C/C)cc1F.CC. The van der Waals surface area contributed by atoms with Gasteiger partial charge in [-0.1, -0.05) is 56.4 Å². The predicted octanol–water partition coefficient (Wildman–Crippen LogP) is 7.37. The van der Waals surface area contributed by atoms with Gasteiger partial charge in [-0.2, -0.15) is 0 Å². The Morgan fingerprint density at radius 1 is 1.19 bits per heavy atom. The third-order valence-corrected chi connectivity index (χ3v) is 5.74. The van der Waals surface area contributed by atoms with Crippen molar-refractivity contribution in [3.8, 4) is 0 Å². The highest BCUT2D eigenvalue weighted by atomic mass is 19.1. The summed E-state index contributed by atoms with van der Waals surface area (Å²) in [7, 11) is 0. The summed E-state index contributed by atoms with van der Waals surface area (Å²) in [5.74, 6) is -1.17. The van der Waals surface area contributed by atoms with Gasteiger partial charge in [0.05, 0.1) is 12.7 Å². The van der Waals surface area contributed by atoms with Gasteiger partial charge in [0, 0.05) is 35.2 Å². The summed E-state index contributed by atoms with van der Waals surface area (Å²) in [6.45, 7) is 10.3. The molecule has 1 N–H and O–H groups in total. The van der Waals surface area contributed by atoms with Crippen LogP contribution in [0.1, 0.15) is 55.6 Å². The fourth-order valence-electron chi connectivity index (χ4n) is 4.44. The van der Waals surface area contributed by atoms with E-state index < -0.39 is 24.4 Å². The molecule has 3 aromatic rings. The van der Waals surface area contributed by atoms with Crippen LogP contribution < -0.4 is 0 Å². The number of benzene rings is 2. The number of H-pyrrole nitrogens is 1. The van der Waals surface area contributed by atoms with Crippen molar-refractivity contribution in [1.82, 2.24) is 9.88 Å². The van der Waals surface area contributed by atoms with E-state index in [1.165, 1.54) is 12.1 Å². The summed E-state index contributed by atoms with van der Waals surface area (Å²) in [5.41, 5.74) is 4.05. The Morgan fingerprint density at radius 3 is 2.53 bits per heavy atom. The van der Waals surface area contributed by atoms with E-state index in [2.05, 4.69) is 11.6 Å². The van der Waals surface area contributed by atoms with Crippen LogP contribution in [-0.2, 0) is 6.42 Å². The molecule has 0 saturated carbocycles. The first kappa shape index (κ1) is 23.9. The van der Waals surface area contributed by atoms with E-state index in [0.717, 1.165) is 28.6 Å². The highest BCUT2D eigenvalue weighted by Gasteiger charge is 2.35. The molecule has 0 saturated heterocycles. The van der Waals surface area contributed by atoms with Crippen LogP contribution in [0.5, 0.6) is 0 Å². The molecule has 0 amide bonds. The topological polar surface area (TPSA) is 19.0 Å². The van der Waals surface area contributed by atoms with Crippen molar-refractivity contribution in [1.29, 1.82) is 0 Å². The van der Waals surface area contributed by atoms with Gasteiger partial charge in [0.15, 0.2) is 0 Å². The Bertz CT molecular complexity index is 1090. The van der Waals surface area contributed by atoms with E-state index in [1.54, 1.807) is 19.1 Å². The predicted molar refractivity (Wildman–Crippen MR) is 128 cm³/mol. The van der Waals surface area contributed by atoms with Crippen LogP contribution in [0.2, 0.25) is 0 Å². The van der Waals surface area contributed by atoms with Crippen molar-refractivity contribution in [3.05, 3.63) is 88.6 Å². The third kappa shape index (κ3) is 4.68. The average molecular weight is 441 g/mol. The van der Waals surface area contributed by atoms with E-state index in [4.69, 9.17) is 0 Å². The molecule has 1 aromatic heterocycles. The first-order chi connectivity index (χ1) is 15.5. The zero-order chi connectivity index (χ0) is 23.3. The van der Waals surface area contributed by atoms with Crippen molar-refractivity contribution in [3.63, 3.8) is 0 Å². The number of alkyl halides is 1. The molecular weight excluding hydrogens is 409 g/mol. The Labute approximate surface area is 188 Å². The van der Waals surface area contributed by atoms with Crippen LogP contribution in [0, 0.1) is 11.6 Å². The molecule has 0 bridgehead atoms. The van der Waals surface area contributed by atoms with Gasteiger partial charge < -0.3 is 4.98 Å². The molecule has 1 unspecified atom stereocenters. The van der Waals surface area contributed by atoms with Gasteiger partial charge in [-0.3, -0.25) is 9.29 Å². The first-order valence-corrected chi connectivity index (χ1v) is 11.2. The number of aromatic nitrogens is 1. The van der Waals surface area contributed by atoms with Gasteiger partial charge in [0.25, 0.3) is 0 Å². The van der Waals surface area contributed by atoms with Gasteiger partial charge in [-0.15, -0.1) is 0 Å². The third-order valence-electron chi connectivity index (χ3n) is 5.74. The standard InChI is InChI=1S/C25H25F3N2.C2H6/c1-3-6-17-13-20(27)23(21(28)14-17)25-24-19(18-7-4-5-8-22(18)29-24)10-12-30(25)15-16(2)9-11-26;1-2/h3-8,13-14,25,29H,2,9-12,15H2,1H3;1-2H3/b6-3+;. The molecule has 2 nitrogen and oxygen atoms in total. The van der Waals surface area contributed by atoms with Crippen molar-refractivity contribution in [2.45, 2.75) is 39.7 Å². The van der Waals surface area contributed by atoms with Crippen molar-refractivity contribution in [2.75, 3.05) is 19.8 Å². The van der Waals surface area contributed by atoms with Gasteiger partial charge >= 0.3 is 0 Å². The zero-order valence-corrected chi connectivity index (χ0v) is 19.0. The van der Waals surface area contributed by atoms with E-state index >= 15 is 8.78 Å². The molecule has 0 radical (unpaired) electrons. The smallest absolute Gasteiger partial charge is 0.131 e. The fraction of sp³-hybridized carbons (Fsp3) is 0.333. The van der Waals surface area contributed by atoms with Crippen molar-refractivity contribution < 1.29 is 13.2 Å². The molecule has 0 spiro atoms. The molecule has 0 aliphatic carbocycles. The van der Waals surface area contributed by atoms with Crippen LogP contribution >= 0.6 is 0 Å². The summed E-state index contributed by atoms with van der Waals surface area (Å²) in [4.78, 5) is 5.39. The molecule has 1 aliphatic rings. The normalized spacial score (nSPS) is 16.1. The highest BCUT2D eigenvalue weighted by molar-refractivity contribution is 5.85. The summed E-state index contributed by atoms with van der Waals surface area (Å²) in [5, 5.41) is 1.08. The average Bonchev–Trinajstić information content (AvgIpc) is 3.15. The van der Waals surface area contributed by atoms with Gasteiger partial charge in [-0.25, -0.2) is 8.78 Å². The minimum Gasteiger partial charge on any atom is -0.357 e. The van der Waals surface area contributed by atoms with Crippen LogP contribution in [0.25, 0.3) is 17.0 Å². The van der Waals surface area contributed by atoms with E-state index in [1.807, 2.05) is 43.0 Å². The van der Waals surface area contributed by atoms with E-state index in [0.29, 0.717) is 24.2 Å². The Hall–Kier alpha value is -2.79. The van der Waals surface area contributed by atoms with Crippen LogP contribution in [0.4, 0.5) is 13.2 Å². The second kappa shape index (κ2) is 10.7. The fourth-order valence-corrected chi connectivity index (χ4v) is 4.44. The molecule has 2 heterocycles. The first-order valence-electron chi connectivity index (χ1n) is 11.2. The summed E-state index contributed by atoms with van der Waals surface area (Å²) >= 11 is 0. The quantitative estimate of drug-likeness (QED) is 0.397. The molecule has 2 aromatic carbocycles. The molecule has 0 fully saturated rings. The maximum absolute atomic E-state index is 15.2. The maximum atomic E-state index is 15.2. The highest BCUT2D eigenvalue weighted by Crippen LogP contribution is 2.40. The van der Waals surface area contributed by atoms with Gasteiger partial charge in [0.2, 0.25) is 0 Å². The number of halogens is 3. The van der Waals surface area contributed by atoms with Gasteiger partial charge in [0.1, 0.15) is 11.6 Å². The summed E-state index contributed by atoms with van der Waals surface area (Å²) in [6.07, 6.45) is 4.41. The Morgan fingerprint density at radius 2 is 1.88 bits per heavy atom. The summed E-state index contributed by atoms with van der Waals surface area (Å²) in [6, 6.07) is 10.0. The number of rotatable bonds is 6. The van der Waals surface area contributed by atoms with E-state index in [-0.39, 0.29) is 12.0 Å².